The number of pyridine rings is 1. The van der Waals surface area contributed by atoms with Crippen LogP contribution in [0.25, 0.3) is 10.8 Å². The molecule has 2 nitrogen and oxygen atoms in total. The molecule has 1 aromatic heterocycles. The van der Waals surface area contributed by atoms with Crippen molar-refractivity contribution in [1.82, 2.24) is 10.3 Å². The standard InChI is InChI=1S/C14H18N2/c1-11-14-6-5-12(4-3-8-15-2)10-13(14)7-9-16-11/h5-7,9-10,15H,3-4,8H2,1-2H3. The number of benzene rings is 1. The third-order valence-corrected chi connectivity index (χ3v) is 2.92. The van der Waals surface area contributed by atoms with Gasteiger partial charge in [-0.2, -0.15) is 0 Å². The normalized spacial score (nSPS) is 10.9. The van der Waals surface area contributed by atoms with Crippen LogP contribution in [0.15, 0.2) is 30.5 Å². The molecule has 84 valence electrons. The third-order valence-electron chi connectivity index (χ3n) is 2.92. The molecule has 0 amide bonds. The minimum absolute atomic E-state index is 1.08. The molecule has 0 saturated heterocycles. The Morgan fingerprint density at radius 1 is 1.25 bits per heavy atom. The van der Waals surface area contributed by atoms with Gasteiger partial charge in [-0.25, -0.2) is 0 Å². The molecule has 0 aliphatic carbocycles. The van der Waals surface area contributed by atoms with Gasteiger partial charge in [0.05, 0.1) is 0 Å². The zero-order valence-corrected chi connectivity index (χ0v) is 9.96. The maximum Gasteiger partial charge on any atom is 0.0450 e. The van der Waals surface area contributed by atoms with Crippen molar-refractivity contribution in [1.29, 1.82) is 0 Å². The summed E-state index contributed by atoms with van der Waals surface area (Å²) in [4.78, 5) is 4.30. The van der Waals surface area contributed by atoms with Crippen molar-refractivity contribution in [3.05, 3.63) is 41.7 Å². The maximum absolute atomic E-state index is 4.30. The fourth-order valence-electron chi connectivity index (χ4n) is 2.00. The van der Waals surface area contributed by atoms with Crippen LogP contribution in [0.2, 0.25) is 0 Å². The smallest absolute Gasteiger partial charge is 0.0450 e. The lowest BCUT2D eigenvalue weighted by molar-refractivity contribution is 0.725. The largest absolute Gasteiger partial charge is 0.320 e. The van der Waals surface area contributed by atoms with Crippen LogP contribution >= 0.6 is 0 Å². The predicted molar refractivity (Wildman–Crippen MR) is 68.7 cm³/mol. The molecule has 0 atom stereocenters. The van der Waals surface area contributed by atoms with Crippen molar-refractivity contribution in [3.8, 4) is 0 Å². The van der Waals surface area contributed by atoms with Crippen LogP contribution in [-0.2, 0) is 6.42 Å². The average Bonchev–Trinajstić information content (AvgIpc) is 2.30. The first-order valence-corrected chi connectivity index (χ1v) is 5.80. The highest BCUT2D eigenvalue weighted by Gasteiger charge is 1.99. The van der Waals surface area contributed by atoms with Crippen molar-refractivity contribution in [2.24, 2.45) is 0 Å². The van der Waals surface area contributed by atoms with Gasteiger partial charge in [0.1, 0.15) is 0 Å². The monoisotopic (exact) mass is 214 g/mol. The molecule has 0 spiro atoms. The number of rotatable bonds is 4. The minimum Gasteiger partial charge on any atom is -0.320 e. The summed E-state index contributed by atoms with van der Waals surface area (Å²) in [5, 5.41) is 5.74. The van der Waals surface area contributed by atoms with E-state index in [0.29, 0.717) is 0 Å². The van der Waals surface area contributed by atoms with E-state index in [0.717, 1.165) is 18.7 Å². The molecule has 0 fully saturated rings. The molecule has 0 aliphatic heterocycles. The molecule has 16 heavy (non-hydrogen) atoms. The Labute approximate surface area is 96.7 Å². The van der Waals surface area contributed by atoms with E-state index >= 15 is 0 Å². The van der Waals surface area contributed by atoms with Crippen LogP contribution in [0, 0.1) is 6.92 Å². The highest BCUT2D eigenvalue weighted by molar-refractivity contribution is 5.84. The van der Waals surface area contributed by atoms with Crippen LogP contribution in [0.4, 0.5) is 0 Å². The number of hydrogen-bond acceptors (Lipinski definition) is 2. The van der Waals surface area contributed by atoms with Crippen LogP contribution in [0.5, 0.6) is 0 Å². The highest BCUT2D eigenvalue weighted by Crippen LogP contribution is 2.18. The molecule has 0 radical (unpaired) electrons. The Balaban J connectivity index is 2.23. The van der Waals surface area contributed by atoms with E-state index in [2.05, 4.69) is 41.5 Å². The Kier molecular flexibility index (Phi) is 3.52. The van der Waals surface area contributed by atoms with E-state index in [1.165, 1.54) is 22.8 Å². The number of aromatic nitrogens is 1. The lowest BCUT2D eigenvalue weighted by Gasteiger charge is -2.05. The lowest BCUT2D eigenvalue weighted by atomic mass is 10.0. The van der Waals surface area contributed by atoms with E-state index < -0.39 is 0 Å². The molecular formula is C14H18N2. The molecule has 0 unspecified atom stereocenters. The SMILES string of the molecule is CNCCCc1ccc2c(C)nccc2c1. The molecule has 2 aromatic rings. The molecule has 0 aliphatic rings. The molecule has 0 saturated carbocycles. The highest BCUT2D eigenvalue weighted by atomic mass is 14.8. The van der Waals surface area contributed by atoms with E-state index in [-0.39, 0.29) is 0 Å². The van der Waals surface area contributed by atoms with E-state index in [4.69, 9.17) is 0 Å². The summed E-state index contributed by atoms with van der Waals surface area (Å²) in [6.07, 6.45) is 4.21. The summed E-state index contributed by atoms with van der Waals surface area (Å²) in [7, 11) is 2.00. The predicted octanol–water partition coefficient (Wildman–Crippen LogP) is 2.70. The van der Waals surface area contributed by atoms with Gasteiger partial charge in [0.25, 0.3) is 0 Å². The van der Waals surface area contributed by atoms with Crippen molar-refractivity contribution >= 4 is 10.8 Å². The number of fused-ring (bicyclic) bond motifs is 1. The second-order valence-electron chi connectivity index (χ2n) is 4.16. The quantitative estimate of drug-likeness (QED) is 0.791. The summed E-state index contributed by atoms with van der Waals surface area (Å²) < 4.78 is 0. The first kappa shape index (κ1) is 11.1. The van der Waals surface area contributed by atoms with Gasteiger partial charge in [-0.15, -0.1) is 0 Å². The summed E-state index contributed by atoms with van der Waals surface area (Å²) >= 11 is 0. The van der Waals surface area contributed by atoms with E-state index in [9.17, 15) is 0 Å². The molecule has 0 bridgehead atoms. The van der Waals surface area contributed by atoms with Gasteiger partial charge in [-0.1, -0.05) is 18.2 Å². The molecule has 2 heteroatoms. The van der Waals surface area contributed by atoms with Crippen LogP contribution in [0.3, 0.4) is 0 Å². The van der Waals surface area contributed by atoms with E-state index in [1.807, 2.05) is 13.2 Å². The molecule has 2 rings (SSSR count). The third kappa shape index (κ3) is 2.39. The number of nitrogens with zero attached hydrogens (tertiary/aromatic N) is 1. The fourth-order valence-corrected chi connectivity index (χ4v) is 2.00. The maximum atomic E-state index is 4.30. The topological polar surface area (TPSA) is 24.9 Å². The minimum atomic E-state index is 1.08. The summed E-state index contributed by atoms with van der Waals surface area (Å²) in [5.41, 5.74) is 2.52. The first-order valence-electron chi connectivity index (χ1n) is 5.80. The molecule has 1 heterocycles. The number of hydrogen-bond donors (Lipinski definition) is 1. The lowest BCUT2D eigenvalue weighted by Crippen LogP contribution is -2.08. The average molecular weight is 214 g/mol. The Hall–Kier alpha value is -1.41. The van der Waals surface area contributed by atoms with Gasteiger partial charge in [-0.3, -0.25) is 4.98 Å². The van der Waals surface area contributed by atoms with Crippen molar-refractivity contribution in [2.75, 3.05) is 13.6 Å². The molecular weight excluding hydrogens is 196 g/mol. The van der Waals surface area contributed by atoms with Crippen molar-refractivity contribution in [3.63, 3.8) is 0 Å². The summed E-state index contributed by atoms with van der Waals surface area (Å²) in [6.45, 7) is 3.14. The number of aryl methyl sites for hydroxylation is 2. The fraction of sp³-hybridized carbons (Fsp3) is 0.357. The van der Waals surface area contributed by atoms with Gasteiger partial charge in [0.2, 0.25) is 0 Å². The van der Waals surface area contributed by atoms with Gasteiger partial charge in [0, 0.05) is 17.3 Å². The van der Waals surface area contributed by atoms with Crippen molar-refractivity contribution < 1.29 is 0 Å². The molecule has 1 aromatic carbocycles. The molecule has 1 N–H and O–H groups in total. The Bertz CT molecular complexity index is 477. The van der Waals surface area contributed by atoms with Crippen LogP contribution in [-0.4, -0.2) is 18.6 Å². The second-order valence-corrected chi connectivity index (χ2v) is 4.16. The summed E-state index contributed by atoms with van der Waals surface area (Å²) in [6, 6.07) is 8.77. The van der Waals surface area contributed by atoms with Gasteiger partial charge < -0.3 is 5.32 Å². The van der Waals surface area contributed by atoms with Gasteiger partial charge >= 0.3 is 0 Å². The van der Waals surface area contributed by atoms with Crippen LogP contribution in [0.1, 0.15) is 17.7 Å². The number of nitrogens with one attached hydrogen (secondary N) is 1. The zero-order chi connectivity index (χ0) is 11.4. The summed E-state index contributed by atoms with van der Waals surface area (Å²) in [5.74, 6) is 0. The van der Waals surface area contributed by atoms with Crippen LogP contribution < -0.4 is 5.32 Å². The Morgan fingerprint density at radius 3 is 2.94 bits per heavy atom. The van der Waals surface area contributed by atoms with Gasteiger partial charge in [0.15, 0.2) is 0 Å². The Morgan fingerprint density at radius 2 is 2.12 bits per heavy atom. The zero-order valence-electron chi connectivity index (χ0n) is 9.96. The second kappa shape index (κ2) is 5.08. The first-order chi connectivity index (χ1) is 7.81. The van der Waals surface area contributed by atoms with Crippen molar-refractivity contribution in [2.45, 2.75) is 19.8 Å². The van der Waals surface area contributed by atoms with Gasteiger partial charge in [-0.05, 0) is 50.4 Å². The van der Waals surface area contributed by atoms with E-state index in [1.54, 1.807) is 0 Å².